The summed E-state index contributed by atoms with van der Waals surface area (Å²) in [7, 11) is 0. The van der Waals surface area contributed by atoms with Gasteiger partial charge < -0.3 is 15.4 Å². The lowest BCUT2D eigenvalue weighted by Gasteiger charge is -2.33. The monoisotopic (exact) mass is 534 g/mol. The smallest absolute Gasteiger partial charge is 0.234 e. The van der Waals surface area contributed by atoms with Crippen molar-refractivity contribution in [2.45, 2.75) is 37.6 Å². The Labute approximate surface area is 230 Å². The molecule has 0 aliphatic carbocycles. The average molecular weight is 535 g/mol. The maximum Gasteiger partial charge on any atom is 0.234 e. The molecular formula is C30H26N6O2S. The van der Waals surface area contributed by atoms with E-state index in [0.717, 1.165) is 33.3 Å². The summed E-state index contributed by atoms with van der Waals surface area (Å²) < 4.78 is 7.91. The van der Waals surface area contributed by atoms with Crippen molar-refractivity contribution in [2.75, 3.05) is 16.4 Å². The van der Waals surface area contributed by atoms with Gasteiger partial charge in [0.2, 0.25) is 5.91 Å². The van der Waals surface area contributed by atoms with Crippen LogP contribution in [0.15, 0.2) is 78.0 Å². The van der Waals surface area contributed by atoms with E-state index < -0.39 is 5.60 Å². The van der Waals surface area contributed by atoms with Crippen LogP contribution in [0.2, 0.25) is 0 Å². The van der Waals surface area contributed by atoms with Crippen molar-refractivity contribution in [1.29, 1.82) is 5.26 Å². The number of nitrogens with zero attached hydrogens (tertiary/aromatic N) is 4. The van der Waals surface area contributed by atoms with Crippen LogP contribution in [0.25, 0.3) is 16.4 Å². The Bertz CT molecular complexity index is 1760. The van der Waals surface area contributed by atoms with Gasteiger partial charge >= 0.3 is 0 Å². The van der Waals surface area contributed by atoms with Crippen LogP contribution in [0.5, 0.6) is 0 Å². The second kappa shape index (κ2) is 10.1. The molecule has 6 rings (SSSR count). The first-order chi connectivity index (χ1) is 18.9. The maximum absolute atomic E-state index is 12.9. The third-order valence-electron chi connectivity index (χ3n) is 6.75. The summed E-state index contributed by atoms with van der Waals surface area (Å²) in [5.74, 6) is 0.548. The Morgan fingerprint density at radius 3 is 2.59 bits per heavy atom. The number of benzene rings is 3. The highest BCUT2D eigenvalue weighted by Gasteiger charge is 2.33. The number of nitriles is 1. The molecule has 1 aliphatic heterocycles. The number of pyridine rings is 1. The molecule has 0 unspecified atom stereocenters. The summed E-state index contributed by atoms with van der Waals surface area (Å²) in [4.78, 5) is 12.9. The molecule has 0 bridgehead atoms. The molecule has 0 radical (unpaired) electrons. The van der Waals surface area contributed by atoms with Crippen molar-refractivity contribution >= 4 is 51.3 Å². The van der Waals surface area contributed by atoms with Crippen LogP contribution < -0.4 is 10.6 Å². The normalized spacial score (nSPS) is 14.1. The number of rotatable bonds is 6. The predicted molar refractivity (Wildman–Crippen MR) is 153 cm³/mol. The highest BCUT2D eigenvalue weighted by atomic mass is 32.2. The van der Waals surface area contributed by atoms with Crippen LogP contribution in [-0.4, -0.2) is 31.9 Å². The van der Waals surface area contributed by atoms with Crippen molar-refractivity contribution < 1.29 is 9.53 Å². The number of hydrogen-bond donors (Lipinski definition) is 2. The molecule has 1 amide bonds. The van der Waals surface area contributed by atoms with E-state index in [0.29, 0.717) is 35.2 Å². The molecule has 2 N–H and O–H groups in total. The zero-order valence-electron chi connectivity index (χ0n) is 21.6. The third-order valence-corrected chi connectivity index (χ3v) is 7.68. The molecule has 0 saturated heterocycles. The number of amides is 1. The minimum atomic E-state index is -0.403. The summed E-state index contributed by atoms with van der Waals surface area (Å²) in [6.45, 7) is 4.37. The van der Waals surface area contributed by atoms with E-state index in [4.69, 9.17) is 4.74 Å². The second-order valence-corrected chi connectivity index (χ2v) is 11.0. The molecule has 2 aromatic heterocycles. The number of para-hydroxylation sites is 1. The number of ether oxygens (including phenoxy) is 1. The molecule has 5 aromatic rings. The summed E-state index contributed by atoms with van der Waals surface area (Å²) in [5, 5.41) is 28.3. The molecule has 0 saturated carbocycles. The highest BCUT2D eigenvalue weighted by Crippen LogP contribution is 2.38. The van der Waals surface area contributed by atoms with E-state index in [2.05, 4.69) is 26.9 Å². The first-order valence-corrected chi connectivity index (χ1v) is 13.6. The van der Waals surface area contributed by atoms with Crippen LogP contribution in [0.3, 0.4) is 0 Å². The molecule has 8 nitrogen and oxygen atoms in total. The first-order valence-electron chi connectivity index (χ1n) is 12.6. The van der Waals surface area contributed by atoms with Crippen molar-refractivity contribution in [3.63, 3.8) is 0 Å². The van der Waals surface area contributed by atoms with Gasteiger partial charge in [-0.3, -0.25) is 9.20 Å². The van der Waals surface area contributed by atoms with Gasteiger partial charge in [-0.15, -0.1) is 10.2 Å². The van der Waals surface area contributed by atoms with E-state index >= 15 is 0 Å². The van der Waals surface area contributed by atoms with Gasteiger partial charge in [-0.25, -0.2) is 0 Å². The number of fused-ring (bicyclic) bond motifs is 4. The summed E-state index contributed by atoms with van der Waals surface area (Å²) in [6.07, 6.45) is 0.578. The number of carbonyl (C=O) groups is 1. The Morgan fingerprint density at radius 2 is 1.79 bits per heavy atom. The number of aromatic nitrogens is 3. The van der Waals surface area contributed by atoms with E-state index in [1.165, 1.54) is 11.8 Å². The molecule has 9 heteroatoms. The summed E-state index contributed by atoms with van der Waals surface area (Å²) >= 11 is 1.27. The Kier molecular flexibility index (Phi) is 6.43. The lowest BCUT2D eigenvalue weighted by atomic mass is 9.89. The molecule has 0 spiro atoms. The van der Waals surface area contributed by atoms with Crippen molar-refractivity contribution in [2.24, 2.45) is 0 Å². The second-order valence-electron chi connectivity index (χ2n) is 10.0. The molecule has 194 valence electrons. The Balaban J connectivity index is 1.34. The number of anilines is 3. The fourth-order valence-electron chi connectivity index (χ4n) is 4.88. The van der Waals surface area contributed by atoms with Crippen molar-refractivity contribution in [3.8, 4) is 6.07 Å². The summed E-state index contributed by atoms with van der Waals surface area (Å²) in [6, 6.07) is 25.9. The standard InChI is InChI=1S/C30H26N6O2S/c1-30(2)15-23-24(16-31)27(33-21-10-4-3-5-11-21)36-28(25(23)17-38-30)34-35-29(36)39-18-26(37)32-22-13-12-19-8-6-7-9-20(19)14-22/h3-14,33H,15,17-18H2,1-2H3,(H,32,37). The van der Waals surface area contributed by atoms with Gasteiger partial charge in [0.1, 0.15) is 11.9 Å². The van der Waals surface area contributed by atoms with Gasteiger partial charge in [-0.1, -0.05) is 60.3 Å². The first kappa shape index (κ1) is 24.9. The van der Waals surface area contributed by atoms with Gasteiger partial charge in [0.15, 0.2) is 10.8 Å². The van der Waals surface area contributed by atoms with E-state index in [1.807, 2.05) is 91.0 Å². The SMILES string of the molecule is CC1(C)Cc2c(C#N)c(Nc3ccccc3)n3c(SCC(=O)Nc4ccc5ccccc5c4)nnc3c2CO1. The molecule has 0 fully saturated rings. The van der Waals surface area contributed by atoms with E-state index in [9.17, 15) is 10.1 Å². The molecule has 3 heterocycles. The van der Waals surface area contributed by atoms with Crippen LogP contribution in [0.1, 0.15) is 30.5 Å². The Hall–Kier alpha value is -4.39. The zero-order valence-corrected chi connectivity index (χ0v) is 22.4. The van der Waals surface area contributed by atoms with Gasteiger partial charge in [0, 0.05) is 23.4 Å². The van der Waals surface area contributed by atoms with Crippen molar-refractivity contribution in [1.82, 2.24) is 14.6 Å². The van der Waals surface area contributed by atoms with E-state index in [1.54, 1.807) is 0 Å². The third kappa shape index (κ3) is 4.92. The van der Waals surface area contributed by atoms with Gasteiger partial charge in [0.25, 0.3) is 0 Å². The minimum absolute atomic E-state index is 0.126. The van der Waals surface area contributed by atoms with Crippen molar-refractivity contribution in [3.05, 3.63) is 89.5 Å². The Morgan fingerprint density at radius 1 is 1.03 bits per heavy atom. The van der Waals surface area contributed by atoms with Crippen LogP contribution >= 0.6 is 11.8 Å². The highest BCUT2D eigenvalue weighted by molar-refractivity contribution is 7.99. The van der Waals surface area contributed by atoms with E-state index in [-0.39, 0.29) is 11.7 Å². The lowest BCUT2D eigenvalue weighted by molar-refractivity contribution is -0.113. The molecule has 0 atom stereocenters. The van der Waals surface area contributed by atoms with Gasteiger partial charge in [0.05, 0.1) is 23.5 Å². The molecule has 39 heavy (non-hydrogen) atoms. The molecule has 1 aliphatic rings. The molecule has 3 aromatic carbocycles. The van der Waals surface area contributed by atoms with Crippen LogP contribution in [-0.2, 0) is 22.6 Å². The number of carbonyl (C=O) groups excluding carboxylic acids is 1. The maximum atomic E-state index is 12.9. The van der Waals surface area contributed by atoms with Gasteiger partial charge in [-0.2, -0.15) is 5.26 Å². The van der Waals surface area contributed by atoms with Crippen LogP contribution in [0, 0.1) is 11.3 Å². The number of nitrogens with one attached hydrogen (secondary N) is 2. The summed E-state index contributed by atoms with van der Waals surface area (Å²) in [5.41, 5.74) is 4.08. The fraction of sp³-hybridized carbons (Fsp3) is 0.200. The minimum Gasteiger partial charge on any atom is -0.370 e. The largest absolute Gasteiger partial charge is 0.370 e. The zero-order chi connectivity index (χ0) is 27.0. The lowest BCUT2D eigenvalue weighted by Crippen LogP contribution is -2.33. The average Bonchev–Trinajstić information content (AvgIpc) is 3.36. The van der Waals surface area contributed by atoms with Crippen LogP contribution in [0.4, 0.5) is 17.2 Å². The predicted octanol–water partition coefficient (Wildman–Crippen LogP) is 6.08. The number of hydrogen-bond acceptors (Lipinski definition) is 7. The molecular weight excluding hydrogens is 508 g/mol. The quantitative estimate of drug-likeness (QED) is 0.254. The number of thioether (sulfide) groups is 1. The van der Waals surface area contributed by atoms with Gasteiger partial charge in [-0.05, 0) is 54.4 Å². The topological polar surface area (TPSA) is 104 Å². The fourth-order valence-corrected chi connectivity index (χ4v) is 5.62.